The Morgan fingerprint density at radius 1 is 0.846 bits per heavy atom. The molecular formula is C32H29N7. The fraction of sp³-hybridized carbons (Fsp3) is 0.188. The fourth-order valence-corrected chi connectivity index (χ4v) is 5.74. The molecule has 1 aromatic carbocycles. The maximum Gasteiger partial charge on any atom is 0.181 e. The Morgan fingerprint density at radius 2 is 1.69 bits per heavy atom. The summed E-state index contributed by atoms with van der Waals surface area (Å²) in [5.74, 6) is 0.532. The Bertz CT molecular complexity index is 1790. The number of aromatic nitrogens is 6. The minimum atomic E-state index is 0.532. The van der Waals surface area contributed by atoms with Crippen molar-refractivity contribution < 1.29 is 0 Å². The van der Waals surface area contributed by atoms with Gasteiger partial charge < -0.3 is 10.3 Å². The van der Waals surface area contributed by atoms with E-state index in [1.54, 1.807) is 0 Å². The van der Waals surface area contributed by atoms with Gasteiger partial charge in [-0.2, -0.15) is 5.10 Å². The number of pyridine rings is 3. The summed E-state index contributed by atoms with van der Waals surface area (Å²) in [5, 5.41) is 13.3. The first-order valence-electron chi connectivity index (χ1n) is 13.5. The van der Waals surface area contributed by atoms with E-state index >= 15 is 0 Å². The van der Waals surface area contributed by atoms with Crippen LogP contribution in [0.4, 0.5) is 5.69 Å². The van der Waals surface area contributed by atoms with Gasteiger partial charge in [-0.15, -0.1) is 0 Å². The topological polar surface area (TPSA) is 95.2 Å². The third kappa shape index (κ3) is 4.46. The molecule has 7 nitrogen and oxygen atoms in total. The number of H-pyrrole nitrogens is 2. The van der Waals surface area contributed by atoms with Crippen LogP contribution in [-0.2, 0) is 0 Å². The summed E-state index contributed by atoms with van der Waals surface area (Å²) in [6.07, 6.45) is 15.5. The molecule has 5 heterocycles. The minimum absolute atomic E-state index is 0.532. The number of hydrogen-bond acceptors (Lipinski definition) is 5. The molecule has 0 spiro atoms. The first-order chi connectivity index (χ1) is 19.2. The van der Waals surface area contributed by atoms with Crippen LogP contribution in [0.3, 0.4) is 0 Å². The zero-order chi connectivity index (χ0) is 26.2. The van der Waals surface area contributed by atoms with Crippen molar-refractivity contribution in [3.63, 3.8) is 0 Å². The van der Waals surface area contributed by atoms with Crippen molar-refractivity contribution in [2.24, 2.45) is 5.92 Å². The van der Waals surface area contributed by atoms with E-state index in [0.717, 1.165) is 61.3 Å². The SMILES string of the molecule is C=C(Nc1cncc(-c2cnc3n[nH]c(-c4cc5c(-c6ccncc6)cccc5[nH]4)c3c2)c1)C1CCCCC1. The van der Waals surface area contributed by atoms with Crippen LogP contribution in [-0.4, -0.2) is 30.1 Å². The normalized spacial score (nSPS) is 14.2. The van der Waals surface area contributed by atoms with Crippen LogP contribution in [0.25, 0.3) is 55.6 Å². The first kappa shape index (κ1) is 23.3. The number of anilines is 1. The molecule has 0 saturated heterocycles. The van der Waals surface area contributed by atoms with E-state index in [-0.39, 0.29) is 0 Å². The Labute approximate surface area is 226 Å². The number of nitrogens with one attached hydrogen (secondary N) is 3. The molecule has 39 heavy (non-hydrogen) atoms. The van der Waals surface area contributed by atoms with Gasteiger partial charge in [0, 0.05) is 57.9 Å². The third-order valence-corrected chi connectivity index (χ3v) is 7.81. The molecule has 7 rings (SSSR count). The van der Waals surface area contributed by atoms with Crippen LogP contribution >= 0.6 is 0 Å². The molecule has 0 radical (unpaired) electrons. The number of fused-ring (bicyclic) bond motifs is 2. The van der Waals surface area contributed by atoms with Crippen molar-refractivity contribution >= 4 is 27.6 Å². The summed E-state index contributed by atoms with van der Waals surface area (Å²) in [5.41, 5.74) is 9.92. The zero-order valence-corrected chi connectivity index (χ0v) is 21.6. The number of hydrogen-bond donors (Lipinski definition) is 3. The van der Waals surface area contributed by atoms with E-state index in [4.69, 9.17) is 0 Å². The molecule has 0 aliphatic heterocycles. The van der Waals surface area contributed by atoms with Gasteiger partial charge in [-0.1, -0.05) is 38.0 Å². The van der Waals surface area contributed by atoms with Crippen LogP contribution < -0.4 is 5.32 Å². The molecule has 0 amide bonds. The summed E-state index contributed by atoms with van der Waals surface area (Å²) in [6, 6.07) is 16.8. The molecule has 1 fully saturated rings. The Hall–Kier alpha value is -4.78. The van der Waals surface area contributed by atoms with Crippen LogP contribution in [0.1, 0.15) is 32.1 Å². The minimum Gasteiger partial charge on any atom is -0.358 e. The predicted molar refractivity (Wildman–Crippen MR) is 157 cm³/mol. The molecule has 0 unspecified atom stereocenters. The summed E-state index contributed by atoms with van der Waals surface area (Å²) in [7, 11) is 0. The molecule has 1 aliphatic carbocycles. The van der Waals surface area contributed by atoms with Gasteiger partial charge in [-0.25, -0.2) is 4.98 Å². The lowest BCUT2D eigenvalue weighted by Gasteiger charge is -2.24. The Morgan fingerprint density at radius 3 is 2.56 bits per heavy atom. The van der Waals surface area contributed by atoms with Crippen LogP contribution in [0.2, 0.25) is 0 Å². The maximum absolute atomic E-state index is 4.66. The third-order valence-electron chi connectivity index (χ3n) is 7.81. The van der Waals surface area contributed by atoms with Crippen LogP contribution in [0, 0.1) is 5.92 Å². The van der Waals surface area contributed by atoms with Crippen molar-refractivity contribution in [3.05, 3.63) is 91.8 Å². The monoisotopic (exact) mass is 511 g/mol. The van der Waals surface area contributed by atoms with Gasteiger partial charge in [-0.3, -0.25) is 15.1 Å². The highest BCUT2D eigenvalue weighted by atomic mass is 15.2. The summed E-state index contributed by atoms with van der Waals surface area (Å²) < 4.78 is 0. The quantitative estimate of drug-likeness (QED) is 0.213. The van der Waals surface area contributed by atoms with Crippen LogP contribution in [0.5, 0.6) is 0 Å². The molecule has 3 N–H and O–H groups in total. The highest BCUT2D eigenvalue weighted by Crippen LogP contribution is 2.35. The van der Waals surface area contributed by atoms with E-state index in [1.165, 1.54) is 32.1 Å². The van der Waals surface area contributed by atoms with E-state index in [9.17, 15) is 0 Å². The second kappa shape index (κ2) is 9.83. The molecule has 1 aliphatic rings. The number of nitrogens with zero attached hydrogens (tertiary/aromatic N) is 4. The summed E-state index contributed by atoms with van der Waals surface area (Å²) >= 11 is 0. The van der Waals surface area contributed by atoms with Gasteiger partial charge >= 0.3 is 0 Å². The van der Waals surface area contributed by atoms with Gasteiger partial charge in [0.2, 0.25) is 0 Å². The van der Waals surface area contributed by atoms with Crippen molar-refractivity contribution in [2.75, 3.05) is 5.32 Å². The van der Waals surface area contributed by atoms with E-state index in [1.807, 2.05) is 43.1 Å². The molecule has 0 bridgehead atoms. The lowest BCUT2D eigenvalue weighted by atomic mass is 9.87. The van der Waals surface area contributed by atoms with Gasteiger partial charge in [0.15, 0.2) is 5.65 Å². The van der Waals surface area contributed by atoms with Gasteiger partial charge in [0.1, 0.15) is 0 Å². The van der Waals surface area contributed by atoms with Gasteiger partial charge in [0.05, 0.1) is 23.3 Å². The second-order valence-electron chi connectivity index (χ2n) is 10.3. The van der Waals surface area contributed by atoms with Gasteiger partial charge in [-0.05, 0) is 66.3 Å². The fourth-order valence-electron chi connectivity index (χ4n) is 5.74. The van der Waals surface area contributed by atoms with Crippen molar-refractivity contribution in [3.8, 4) is 33.6 Å². The van der Waals surface area contributed by atoms with Gasteiger partial charge in [0.25, 0.3) is 0 Å². The molecule has 7 heteroatoms. The van der Waals surface area contributed by atoms with Crippen molar-refractivity contribution in [1.82, 2.24) is 30.1 Å². The summed E-state index contributed by atoms with van der Waals surface area (Å²) in [4.78, 5) is 16.9. The smallest absolute Gasteiger partial charge is 0.181 e. The second-order valence-corrected chi connectivity index (χ2v) is 10.3. The standard InChI is InChI=1S/C32H29N7/c1-20(21-6-3-2-4-7-21)36-25-14-23(17-34-19-25)24-15-28-31(38-39-32(28)35-18-24)30-16-27-26(8-5-9-29(27)37-30)22-10-12-33-13-11-22/h5,8-19,21,36-37H,1-4,6-7H2,(H,35,38,39). The lowest BCUT2D eigenvalue weighted by Crippen LogP contribution is -2.14. The Kier molecular flexibility index (Phi) is 5.89. The predicted octanol–water partition coefficient (Wildman–Crippen LogP) is 7.74. The maximum atomic E-state index is 4.66. The van der Waals surface area contributed by atoms with Crippen molar-refractivity contribution in [1.29, 1.82) is 0 Å². The highest BCUT2D eigenvalue weighted by Gasteiger charge is 2.18. The largest absolute Gasteiger partial charge is 0.358 e. The molecule has 1 saturated carbocycles. The number of aromatic amines is 2. The van der Waals surface area contributed by atoms with Crippen molar-refractivity contribution in [2.45, 2.75) is 32.1 Å². The molecule has 6 aromatic rings. The molecule has 5 aromatic heterocycles. The Balaban J connectivity index is 1.23. The van der Waals surface area contributed by atoms with E-state index < -0.39 is 0 Å². The molecule has 192 valence electrons. The first-order valence-corrected chi connectivity index (χ1v) is 13.5. The average Bonchev–Trinajstić information content (AvgIpc) is 3.62. The number of rotatable bonds is 6. The lowest BCUT2D eigenvalue weighted by molar-refractivity contribution is 0.405. The van der Waals surface area contributed by atoms with Crippen LogP contribution in [0.15, 0.2) is 91.8 Å². The summed E-state index contributed by atoms with van der Waals surface area (Å²) in [6.45, 7) is 4.33. The molecular weight excluding hydrogens is 482 g/mol. The highest BCUT2D eigenvalue weighted by molar-refractivity contribution is 6.01. The van der Waals surface area contributed by atoms with E-state index in [2.05, 4.69) is 78.4 Å². The zero-order valence-electron chi connectivity index (χ0n) is 21.6. The number of allylic oxidation sites excluding steroid dienone is 1. The van der Waals surface area contributed by atoms with E-state index in [0.29, 0.717) is 11.6 Å². The number of benzene rings is 1. The molecule has 0 atom stereocenters. The average molecular weight is 512 g/mol.